The minimum absolute atomic E-state index is 0.145. The maximum Gasteiger partial charge on any atom is 0.505 e. The van der Waals surface area contributed by atoms with Crippen LogP contribution in [-0.2, 0) is 28.6 Å². The predicted molar refractivity (Wildman–Crippen MR) is 116 cm³/mol. The first-order valence-corrected chi connectivity index (χ1v) is 11.5. The van der Waals surface area contributed by atoms with Gasteiger partial charge < -0.3 is 24.1 Å². The summed E-state index contributed by atoms with van der Waals surface area (Å²) >= 11 is 0. The first-order chi connectivity index (χ1) is 14.9. The van der Waals surface area contributed by atoms with Gasteiger partial charge in [0.1, 0.15) is 11.9 Å². The van der Waals surface area contributed by atoms with Crippen LogP contribution >= 0.6 is 0 Å². The minimum Gasteiger partial charge on any atom is -0.460 e. The average Bonchev–Trinajstić information content (AvgIpc) is 2.75. The maximum atomic E-state index is 12.7. The molecule has 0 heterocycles. The lowest BCUT2D eigenvalue weighted by molar-refractivity contribution is -0.165. The molecule has 0 radical (unpaired) electrons. The highest BCUT2D eigenvalue weighted by molar-refractivity contribution is 6.36. The van der Waals surface area contributed by atoms with Gasteiger partial charge in [-0.2, -0.15) is 0 Å². The Balaban J connectivity index is 4.34. The summed E-state index contributed by atoms with van der Waals surface area (Å²) < 4.78 is 15.0. The number of carboxylic acid groups (broad SMARTS) is 1. The summed E-state index contributed by atoms with van der Waals surface area (Å²) in [6.07, 6.45) is 10.9. The Morgan fingerprint density at radius 3 is 1.81 bits per heavy atom. The second kappa shape index (κ2) is 18.8. The van der Waals surface area contributed by atoms with Gasteiger partial charge in [-0.05, 0) is 32.6 Å². The van der Waals surface area contributed by atoms with Crippen LogP contribution in [-0.4, -0.2) is 55.2 Å². The van der Waals surface area contributed by atoms with Crippen LogP contribution in [0.4, 0.5) is 4.79 Å². The third-order valence-electron chi connectivity index (χ3n) is 5.37. The van der Waals surface area contributed by atoms with Gasteiger partial charge >= 0.3 is 12.1 Å². The monoisotopic (exact) mass is 444 g/mol. The zero-order valence-electron chi connectivity index (χ0n) is 19.2. The smallest absolute Gasteiger partial charge is 0.460 e. The van der Waals surface area contributed by atoms with E-state index in [1.165, 1.54) is 7.11 Å². The molecule has 0 rings (SSSR count). The Labute approximate surface area is 186 Å². The maximum absolute atomic E-state index is 12.7. The fourth-order valence-electron chi connectivity index (χ4n) is 3.58. The van der Waals surface area contributed by atoms with Crippen molar-refractivity contribution in [3.05, 3.63) is 0 Å². The molecular weight excluding hydrogens is 404 g/mol. The number of carbonyl (C=O) groups excluding carboxylic acids is 3. The van der Waals surface area contributed by atoms with Gasteiger partial charge in [0, 0.05) is 13.5 Å². The van der Waals surface area contributed by atoms with Crippen molar-refractivity contribution in [3.63, 3.8) is 0 Å². The van der Waals surface area contributed by atoms with Gasteiger partial charge in [-0.25, -0.2) is 9.59 Å². The van der Waals surface area contributed by atoms with Gasteiger partial charge in [-0.3, -0.25) is 4.79 Å². The van der Waals surface area contributed by atoms with Crippen molar-refractivity contribution in [1.29, 1.82) is 0 Å². The normalized spacial score (nSPS) is 12.7. The number of rotatable bonds is 21. The lowest BCUT2D eigenvalue weighted by Crippen LogP contribution is -2.45. The fraction of sp³-hybridized carbons (Fsp3) is 0.826. The van der Waals surface area contributed by atoms with Crippen molar-refractivity contribution >= 4 is 24.2 Å². The van der Waals surface area contributed by atoms with Gasteiger partial charge in [0.25, 0.3) is 5.78 Å². The number of methoxy groups -OCH3 is 1. The lowest BCUT2D eigenvalue weighted by Gasteiger charge is -2.30. The molecule has 180 valence electrons. The van der Waals surface area contributed by atoms with Crippen LogP contribution in [0.1, 0.15) is 96.8 Å². The quantitative estimate of drug-likeness (QED) is 0.115. The highest BCUT2D eigenvalue weighted by atomic mass is 16.7. The minimum atomic E-state index is -1.23. The lowest BCUT2D eigenvalue weighted by atomic mass is 9.85. The Morgan fingerprint density at radius 2 is 1.32 bits per heavy atom. The topological polar surface area (TPSA) is 116 Å². The van der Waals surface area contributed by atoms with Crippen LogP contribution in [0.5, 0.6) is 0 Å². The predicted octanol–water partition coefficient (Wildman–Crippen LogP) is 4.86. The highest BCUT2D eigenvalue weighted by Crippen LogP contribution is 2.28. The molecule has 0 bridgehead atoms. The third kappa shape index (κ3) is 13.9. The SMILES string of the molecule is CCOC(=O)C(=O)C(CCCCCC=O)(CCCCCCCCCCOC(=O)O)OC. The number of carbonyl (C=O) groups is 4. The zero-order chi connectivity index (χ0) is 23.4. The third-order valence-corrected chi connectivity index (χ3v) is 5.37. The summed E-state index contributed by atoms with van der Waals surface area (Å²) in [5.41, 5.74) is -1.16. The summed E-state index contributed by atoms with van der Waals surface area (Å²) in [6.45, 7) is 2.06. The van der Waals surface area contributed by atoms with Crippen LogP contribution in [0.3, 0.4) is 0 Å². The number of hydrogen-bond donors (Lipinski definition) is 1. The second-order valence-corrected chi connectivity index (χ2v) is 7.71. The number of Topliss-reactive ketones (excluding diaryl/α,β-unsaturated/α-hetero) is 1. The largest absolute Gasteiger partial charge is 0.505 e. The van der Waals surface area contributed by atoms with Crippen molar-refractivity contribution < 1.29 is 38.5 Å². The molecule has 0 fully saturated rings. The van der Waals surface area contributed by atoms with Crippen LogP contribution in [0, 0.1) is 0 Å². The van der Waals surface area contributed by atoms with Crippen molar-refractivity contribution in [2.45, 2.75) is 102 Å². The Hall–Kier alpha value is -1.96. The van der Waals surface area contributed by atoms with Gasteiger partial charge in [-0.1, -0.05) is 57.8 Å². The molecular formula is C23H40O8. The van der Waals surface area contributed by atoms with Gasteiger partial charge in [-0.15, -0.1) is 0 Å². The summed E-state index contributed by atoms with van der Waals surface area (Å²) in [5, 5.41) is 8.39. The summed E-state index contributed by atoms with van der Waals surface area (Å²) in [7, 11) is 1.47. The van der Waals surface area contributed by atoms with Crippen molar-refractivity contribution in [2.24, 2.45) is 0 Å². The molecule has 0 saturated heterocycles. The van der Waals surface area contributed by atoms with Gasteiger partial charge in [0.15, 0.2) is 0 Å². The zero-order valence-corrected chi connectivity index (χ0v) is 19.2. The van der Waals surface area contributed by atoms with Gasteiger partial charge in [0.2, 0.25) is 0 Å². The fourth-order valence-corrected chi connectivity index (χ4v) is 3.58. The van der Waals surface area contributed by atoms with Crippen LogP contribution in [0.2, 0.25) is 0 Å². The molecule has 0 spiro atoms. The van der Waals surface area contributed by atoms with Crippen LogP contribution in [0.25, 0.3) is 0 Å². The van der Waals surface area contributed by atoms with Crippen LogP contribution in [0.15, 0.2) is 0 Å². The first-order valence-electron chi connectivity index (χ1n) is 11.5. The van der Waals surface area contributed by atoms with E-state index in [-0.39, 0.29) is 13.2 Å². The Kier molecular flexibility index (Phi) is 17.6. The standard InChI is InChI=1S/C23H40O8/c1-3-30-21(26)20(25)23(29-2,17-13-9-10-14-18-24)16-12-8-6-4-5-7-11-15-19-31-22(27)28/h18H,3-17,19H2,1-2H3,(H,27,28). The molecule has 0 aromatic rings. The molecule has 8 heteroatoms. The average molecular weight is 445 g/mol. The Morgan fingerprint density at radius 1 is 0.806 bits per heavy atom. The van der Waals surface area contributed by atoms with E-state index in [0.29, 0.717) is 25.7 Å². The number of hydrogen-bond acceptors (Lipinski definition) is 7. The van der Waals surface area contributed by atoms with Crippen LogP contribution < -0.4 is 0 Å². The van der Waals surface area contributed by atoms with Gasteiger partial charge in [0.05, 0.1) is 13.2 Å². The van der Waals surface area contributed by atoms with E-state index in [1.54, 1.807) is 6.92 Å². The molecule has 0 aliphatic rings. The van der Waals surface area contributed by atoms with E-state index in [1.807, 2.05) is 0 Å². The van der Waals surface area contributed by atoms with E-state index in [4.69, 9.17) is 14.6 Å². The van der Waals surface area contributed by atoms with E-state index in [9.17, 15) is 19.2 Å². The van der Waals surface area contributed by atoms with E-state index >= 15 is 0 Å². The van der Waals surface area contributed by atoms with E-state index in [2.05, 4.69) is 4.74 Å². The molecule has 31 heavy (non-hydrogen) atoms. The van der Waals surface area contributed by atoms with Crippen molar-refractivity contribution in [2.75, 3.05) is 20.3 Å². The van der Waals surface area contributed by atoms with E-state index in [0.717, 1.165) is 70.5 Å². The Bertz CT molecular complexity index is 520. The summed E-state index contributed by atoms with van der Waals surface area (Å²) in [4.78, 5) is 45.5. The summed E-state index contributed by atoms with van der Waals surface area (Å²) in [5.74, 6) is -1.46. The molecule has 0 aromatic carbocycles. The number of ether oxygens (including phenoxy) is 3. The highest BCUT2D eigenvalue weighted by Gasteiger charge is 2.42. The number of unbranched alkanes of at least 4 members (excludes halogenated alkanes) is 10. The molecule has 0 saturated carbocycles. The second-order valence-electron chi connectivity index (χ2n) is 7.71. The molecule has 8 nitrogen and oxygen atoms in total. The number of aldehydes is 1. The number of ketones is 1. The molecule has 1 unspecified atom stereocenters. The molecule has 0 aliphatic heterocycles. The first kappa shape index (κ1) is 29.0. The number of esters is 1. The molecule has 0 aliphatic carbocycles. The van der Waals surface area contributed by atoms with E-state index < -0.39 is 23.5 Å². The summed E-state index contributed by atoms with van der Waals surface area (Å²) in [6, 6.07) is 0. The van der Waals surface area contributed by atoms with Crippen molar-refractivity contribution in [3.8, 4) is 0 Å². The van der Waals surface area contributed by atoms with Crippen molar-refractivity contribution in [1.82, 2.24) is 0 Å². The molecule has 1 N–H and O–H groups in total. The molecule has 0 amide bonds. The molecule has 1 atom stereocenters. The molecule has 0 aromatic heterocycles.